The summed E-state index contributed by atoms with van der Waals surface area (Å²) < 4.78 is 1.88. The van der Waals surface area contributed by atoms with E-state index in [2.05, 4.69) is 25.7 Å². The molecule has 0 unspecified atom stereocenters. The second-order valence-corrected chi connectivity index (χ2v) is 4.68. The van der Waals surface area contributed by atoms with Crippen LogP contribution in [0.2, 0.25) is 5.15 Å². The molecule has 1 amide bonds. The van der Waals surface area contributed by atoms with E-state index < -0.39 is 0 Å². The third-order valence-corrected chi connectivity index (χ3v) is 3.08. The van der Waals surface area contributed by atoms with Crippen LogP contribution in [0.1, 0.15) is 16.3 Å². The average Bonchev–Trinajstić information content (AvgIpc) is 2.91. The quantitative estimate of drug-likeness (QED) is 0.781. The minimum atomic E-state index is -0.298. The van der Waals surface area contributed by atoms with Crippen LogP contribution in [0.5, 0.6) is 0 Å². The van der Waals surface area contributed by atoms with Gasteiger partial charge in [0.15, 0.2) is 16.5 Å². The molecule has 1 N–H and O–H groups in total. The molecule has 0 saturated carbocycles. The van der Waals surface area contributed by atoms with Crippen LogP contribution in [0.15, 0.2) is 36.5 Å². The molecule has 0 radical (unpaired) electrons. The minimum Gasteiger partial charge on any atom is -0.350 e. The Bertz CT molecular complexity index is 770. The van der Waals surface area contributed by atoms with Gasteiger partial charge in [-0.1, -0.05) is 17.7 Å². The lowest BCUT2D eigenvalue weighted by Crippen LogP contribution is -2.27. The number of rotatable bonds is 4. The summed E-state index contributed by atoms with van der Waals surface area (Å²) in [7, 11) is 0. The summed E-state index contributed by atoms with van der Waals surface area (Å²) in [6.07, 6.45) is 2.45. The maximum atomic E-state index is 11.8. The van der Waals surface area contributed by atoms with Crippen molar-refractivity contribution in [2.75, 3.05) is 6.54 Å². The molecule has 3 rings (SSSR count). The van der Waals surface area contributed by atoms with E-state index >= 15 is 0 Å². The lowest BCUT2D eigenvalue weighted by molar-refractivity contribution is 0.0948. The normalized spacial score (nSPS) is 10.7. The van der Waals surface area contributed by atoms with Crippen molar-refractivity contribution in [3.05, 3.63) is 53.2 Å². The Kier molecular flexibility index (Phi) is 3.74. The monoisotopic (exact) mass is 302 g/mol. The van der Waals surface area contributed by atoms with Crippen LogP contribution in [-0.4, -0.2) is 37.2 Å². The summed E-state index contributed by atoms with van der Waals surface area (Å²) in [6, 6.07) is 8.72. The fourth-order valence-electron chi connectivity index (χ4n) is 1.88. The van der Waals surface area contributed by atoms with Gasteiger partial charge in [-0.15, -0.1) is 20.4 Å². The van der Waals surface area contributed by atoms with Crippen LogP contribution in [0, 0.1) is 0 Å². The SMILES string of the molecule is O=C(NCCc1nnc2ccccn12)c1ccc(Cl)nn1. The molecule has 0 atom stereocenters. The Hall–Kier alpha value is -2.54. The zero-order chi connectivity index (χ0) is 14.7. The molecule has 0 bridgehead atoms. The molecular formula is C13H11ClN6O. The summed E-state index contributed by atoms with van der Waals surface area (Å²) in [4.78, 5) is 11.8. The maximum Gasteiger partial charge on any atom is 0.271 e. The minimum absolute atomic E-state index is 0.227. The summed E-state index contributed by atoms with van der Waals surface area (Å²) in [6.45, 7) is 0.429. The molecule has 0 aromatic carbocycles. The average molecular weight is 303 g/mol. The summed E-state index contributed by atoms with van der Waals surface area (Å²) in [5.74, 6) is 0.487. The zero-order valence-electron chi connectivity index (χ0n) is 10.9. The van der Waals surface area contributed by atoms with Crippen molar-refractivity contribution < 1.29 is 4.79 Å². The van der Waals surface area contributed by atoms with Crippen molar-refractivity contribution in [1.82, 2.24) is 30.1 Å². The van der Waals surface area contributed by atoms with Crippen LogP contribution in [0.4, 0.5) is 0 Å². The van der Waals surface area contributed by atoms with Gasteiger partial charge in [0.05, 0.1) is 0 Å². The van der Waals surface area contributed by atoms with Crippen molar-refractivity contribution in [1.29, 1.82) is 0 Å². The Morgan fingerprint density at radius 1 is 1.14 bits per heavy atom. The highest BCUT2D eigenvalue weighted by Crippen LogP contribution is 2.04. The Balaban J connectivity index is 1.61. The van der Waals surface area contributed by atoms with Gasteiger partial charge in [0.1, 0.15) is 5.82 Å². The van der Waals surface area contributed by atoms with Gasteiger partial charge in [-0.2, -0.15) is 0 Å². The number of nitrogens with zero attached hydrogens (tertiary/aromatic N) is 5. The van der Waals surface area contributed by atoms with Gasteiger partial charge in [0.25, 0.3) is 5.91 Å². The zero-order valence-corrected chi connectivity index (χ0v) is 11.7. The molecule has 0 saturated heterocycles. The van der Waals surface area contributed by atoms with Crippen molar-refractivity contribution in [3.63, 3.8) is 0 Å². The molecule has 0 aliphatic rings. The topological polar surface area (TPSA) is 85.1 Å². The van der Waals surface area contributed by atoms with E-state index in [1.807, 2.05) is 28.8 Å². The van der Waals surface area contributed by atoms with Gasteiger partial charge in [0, 0.05) is 19.2 Å². The largest absolute Gasteiger partial charge is 0.350 e. The molecule has 3 aromatic rings. The number of carbonyl (C=O) groups is 1. The standard InChI is InChI=1S/C13H11ClN6O/c14-10-5-4-9(16-17-10)13(21)15-7-6-12-19-18-11-3-1-2-8-20(11)12/h1-5,8H,6-7H2,(H,15,21). The molecule has 7 nitrogen and oxygen atoms in total. The van der Waals surface area contributed by atoms with Gasteiger partial charge in [-0.05, 0) is 24.3 Å². The van der Waals surface area contributed by atoms with Crippen LogP contribution >= 0.6 is 11.6 Å². The summed E-state index contributed by atoms with van der Waals surface area (Å²) in [5, 5.41) is 18.5. The van der Waals surface area contributed by atoms with Crippen molar-refractivity contribution in [3.8, 4) is 0 Å². The van der Waals surface area contributed by atoms with E-state index in [4.69, 9.17) is 11.6 Å². The van der Waals surface area contributed by atoms with Crippen LogP contribution in [-0.2, 0) is 6.42 Å². The number of hydrogen-bond acceptors (Lipinski definition) is 5. The van der Waals surface area contributed by atoms with E-state index in [1.165, 1.54) is 12.1 Å². The number of halogens is 1. The highest BCUT2D eigenvalue weighted by molar-refractivity contribution is 6.29. The van der Waals surface area contributed by atoms with Crippen molar-refractivity contribution >= 4 is 23.2 Å². The molecule has 3 aromatic heterocycles. The Morgan fingerprint density at radius 3 is 2.86 bits per heavy atom. The number of pyridine rings is 1. The van der Waals surface area contributed by atoms with E-state index in [0.29, 0.717) is 13.0 Å². The molecule has 0 fully saturated rings. The van der Waals surface area contributed by atoms with Crippen LogP contribution < -0.4 is 5.32 Å². The molecule has 21 heavy (non-hydrogen) atoms. The van der Waals surface area contributed by atoms with Crippen molar-refractivity contribution in [2.24, 2.45) is 0 Å². The molecule has 0 aliphatic heterocycles. The second kappa shape index (κ2) is 5.84. The predicted molar refractivity (Wildman–Crippen MR) is 76.1 cm³/mol. The maximum absolute atomic E-state index is 11.8. The van der Waals surface area contributed by atoms with Crippen molar-refractivity contribution in [2.45, 2.75) is 6.42 Å². The summed E-state index contributed by atoms with van der Waals surface area (Å²) in [5.41, 5.74) is 1.01. The number of amides is 1. The highest BCUT2D eigenvalue weighted by Gasteiger charge is 2.09. The van der Waals surface area contributed by atoms with Gasteiger partial charge < -0.3 is 5.32 Å². The van der Waals surface area contributed by atoms with Crippen LogP contribution in [0.25, 0.3) is 5.65 Å². The Labute approximate surface area is 125 Å². The van der Waals surface area contributed by atoms with Crippen LogP contribution in [0.3, 0.4) is 0 Å². The summed E-state index contributed by atoms with van der Waals surface area (Å²) >= 11 is 5.62. The van der Waals surface area contributed by atoms with E-state index in [9.17, 15) is 4.79 Å². The second-order valence-electron chi connectivity index (χ2n) is 4.29. The first kappa shape index (κ1) is 13.4. The first-order valence-electron chi connectivity index (χ1n) is 6.30. The van der Waals surface area contributed by atoms with E-state index in [1.54, 1.807) is 0 Å². The molecule has 3 heterocycles. The lowest BCUT2D eigenvalue weighted by atomic mass is 10.3. The fourth-order valence-corrected chi connectivity index (χ4v) is 1.98. The van der Waals surface area contributed by atoms with E-state index in [-0.39, 0.29) is 16.8 Å². The first-order chi connectivity index (χ1) is 10.2. The van der Waals surface area contributed by atoms with E-state index in [0.717, 1.165) is 11.5 Å². The number of carbonyl (C=O) groups excluding carboxylic acids is 1. The highest BCUT2D eigenvalue weighted by atomic mass is 35.5. The van der Waals surface area contributed by atoms with Gasteiger partial charge in [-0.3, -0.25) is 9.20 Å². The Morgan fingerprint density at radius 2 is 2.05 bits per heavy atom. The third kappa shape index (κ3) is 2.97. The molecule has 0 spiro atoms. The molecule has 0 aliphatic carbocycles. The number of fused-ring (bicyclic) bond motifs is 1. The lowest BCUT2D eigenvalue weighted by Gasteiger charge is -2.03. The molecule has 8 heteroatoms. The smallest absolute Gasteiger partial charge is 0.271 e. The fraction of sp³-hybridized carbons (Fsp3) is 0.154. The molecular weight excluding hydrogens is 292 g/mol. The molecule has 106 valence electrons. The first-order valence-corrected chi connectivity index (χ1v) is 6.68. The predicted octanol–water partition coefficient (Wildman–Crippen LogP) is 1.15. The third-order valence-electron chi connectivity index (χ3n) is 2.88. The van der Waals surface area contributed by atoms with Gasteiger partial charge in [0.2, 0.25) is 0 Å². The number of nitrogens with one attached hydrogen (secondary N) is 1. The number of hydrogen-bond donors (Lipinski definition) is 1. The number of aromatic nitrogens is 5. The van der Waals surface area contributed by atoms with Gasteiger partial charge in [-0.25, -0.2) is 0 Å². The van der Waals surface area contributed by atoms with Gasteiger partial charge >= 0.3 is 0 Å².